The Kier molecular flexibility index (Phi) is 7.33. The van der Waals surface area contributed by atoms with Gasteiger partial charge in [0.05, 0.1) is 6.67 Å². The van der Waals surface area contributed by atoms with E-state index in [1.165, 1.54) is 12.1 Å². The molecule has 0 saturated carbocycles. The van der Waals surface area contributed by atoms with Crippen LogP contribution in [0.2, 0.25) is 0 Å². The summed E-state index contributed by atoms with van der Waals surface area (Å²) in [4.78, 5) is 2.28. The average Bonchev–Trinajstić information content (AvgIpc) is 3.39. The lowest BCUT2D eigenvalue weighted by molar-refractivity contribution is 0.165. The fourth-order valence-electron chi connectivity index (χ4n) is 4.99. The second kappa shape index (κ2) is 10.8. The molecule has 2 N–H and O–H groups in total. The van der Waals surface area contributed by atoms with Gasteiger partial charge in [0.1, 0.15) is 30.0 Å². The van der Waals surface area contributed by atoms with Crippen molar-refractivity contribution in [3.63, 3.8) is 0 Å². The van der Waals surface area contributed by atoms with Gasteiger partial charge in [-0.25, -0.2) is 4.39 Å². The highest BCUT2D eigenvalue weighted by atomic mass is 19.1. The minimum atomic E-state index is -0.687. The third-order valence-electron chi connectivity index (χ3n) is 7.19. The molecular formula is C30H31F2NO4. The van der Waals surface area contributed by atoms with E-state index in [1.54, 1.807) is 24.3 Å². The molecule has 0 bridgehead atoms. The molecular weight excluding hydrogens is 476 g/mol. The smallest absolute Gasteiger partial charge is 0.164 e. The van der Waals surface area contributed by atoms with Gasteiger partial charge in [-0.1, -0.05) is 18.2 Å². The van der Waals surface area contributed by atoms with E-state index in [2.05, 4.69) is 11.8 Å². The first kappa shape index (κ1) is 25.1. The lowest BCUT2D eigenvalue weighted by Gasteiger charge is -2.28. The molecule has 0 spiro atoms. The van der Waals surface area contributed by atoms with Crippen molar-refractivity contribution in [1.29, 1.82) is 0 Å². The zero-order valence-electron chi connectivity index (χ0n) is 20.7. The van der Waals surface area contributed by atoms with Gasteiger partial charge < -0.3 is 19.7 Å². The van der Waals surface area contributed by atoms with Crippen molar-refractivity contribution in [2.75, 3.05) is 26.4 Å². The van der Waals surface area contributed by atoms with Crippen LogP contribution in [0.5, 0.6) is 23.0 Å². The van der Waals surface area contributed by atoms with Gasteiger partial charge in [-0.15, -0.1) is 0 Å². The summed E-state index contributed by atoms with van der Waals surface area (Å²) < 4.78 is 38.9. The van der Waals surface area contributed by atoms with E-state index < -0.39 is 11.6 Å². The predicted molar refractivity (Wildman–Crippen MR) is 139 cm³/mol. The van der Waals surface area contributed by atoms with Crippen molar-refractivity contribution in [2.24, 2.45) is 5.92 Å². The molecule has 3 aromatic rings. The van der Waals surface area contributed by atoms with Gasteiger partial charge in [0.25, 0.3) is 0 Å². The maximum Gasteiger partial charge on any atom is 0.164 e. The Labute approximate surface area is 215 Å². The van der Waals surface area contributed by atoms with E-state index in [0.717, 1.165) is 36.4 Å². The molecule has 0 radical (unpaired) electrons. The van der Waals surface area contributed by atoms with E-state index in [1.807, 2.05) is 30.3 Å². The van der Waals surface area contributed by atoms with Crippen molar-refractivity contribution in [3.8, 4) is 23.0 Å². The second-order valence-electron chi connectivity index (χ2n) is 9.91. The molecule has 5 rings (SSSR count). The van der Waals surface area contributed by atoms with Crippen molar-refractivity contribution >= 4 is 11.6 Å². The molecule has 2 aliphatic heterocycles. The molecule has 0 aromatic heterocycles. The molecule has 2 heterocycles. The molecule has 5 nitrogen and oxygen atoms in total. The summed E-state index contributed by atoms with van der Waals surface area (Å²) in [5.41, 5.74) is 3.16. The normalized spacial score (nSPS) is 20.1. The van der Waals surface area contributed by atoms with Crippen LogP contribution in [0.1, 0.15) is 30.0 Å². The maximum atomic E-state index is 13.7. The summed E-state index contributed by atoms with van der Waals surface area (Å²) in [6.07, 6.45) is 2.96. The molecule has 194 valence electrons. The van der Waals surface area contributed by atoms with Crippen LogP contribution < -0.4 is 9.47 Å². The summed E-state index contributed by atoms with van der Waals surface area (Å²) in [7, 11) is 0. The van der Waals surface area contributed by atoms with Crippen LogP contribution in [0.15, 0.2) is 60.7 Å². The average molecular weight is 508 g/mol. The highest BCUT2D eigenvalue weighted by Gasteiger charge is 2.27. The number of benzene rings is 3. The highest BCUT2D eigenvalue weighted by Crippen LogP contribution is 2.38. The van der Waals surface area contributed by atoms with Gasteiger partial charge in [-0.2, -0.15) is 0 Å². The van der Waals surface area contributed by atoms with E-state index >= 15 is 0 Å². The molecule has 3 atom stereocenters. The number of nitrogens with zero attached hydrogens (tertiary/aromatic N) is 1. The van der Waals surface area contributed by atoms with E-state index in [4.69, 9.17) is 9.47 Å². The third kappa shape index (κ3) is 5.72. The minimum absolute atomic E-state index is 0.121. The molecule has 2 unspecified atom stereocenters. The molecule has 0 amide bonds. The number of rotatable bonds is 8. The van der Waals surface area contributed by atoms with Gasteiger partial charge in [0.2, 0.25) is 0 Å². The third-order valence-corrected chi connectivity index (χ3v) is 7.19. The Hall–Kier alpha value is -3.58. The van der Waals surface area contributed by atoms with Crippen molar-refractivity contribution < 1.29 is 28.5 Å². The van der Waals surface area contributed by atoms with Crippen LogP contribution >= 0.6 is 0 Å². The topological polar surface area (TPSA) is 62.2 Å². The molecule has 1 saturated heterocycles. The summed E-state index contributed by atoms with van der Waals surface area (Å²) in [5.74, 6) is 0.552. The Morgan fingerprint density at radius 2 is 1.89 bits per heavy atom. The fourth-order valence-corrected chi connectivity index (χ4v) is 4.99. The van der Waals surface area contributed by atoms with Gasteiger partial charge >= 0.3 is 0 Å². The van der Waals surface area contributed by atoms with Crippen LogP contribution in [0.4, 0.5) is 8.78 Å². The van der Waals surface area contributed by atoms with Crippen LogP contribution in [0.25, 0.3) is 11.6 Å². The lowest BCUT2D eigenvalue weighted by atomic mass is 9.91. The zero-order valence-corrected chi connectivity index (χ0v) is 20.7. The summed E-state index contributed by atoms with van der Waals surface area (Å²) >= 11 is 0. The SMILES string of the molecule is C[C@@H](COc1ccc(CC2Oc3ccc(O)cc3C=C2c2ccc(F)c(O)c2)cc1)N1CCC(CF)C1. The number of hydrogen-bond acceptors (Lipinski definition) is 5. The summed E-state index contributed by atoms with van der Waals surface area (Å²) in [6.45, 7) is 4.07. The molecule has 1 fully saturated rings. The van der Waals surface area contributed by atoms with Gasteiger partial charge in [-0.05, 0) is 79.6 Å². The van der Waals surface area contributed by atoms with E-state index in [0.29, 0.717) is 29.9 Å². The van der Waals surface area contributed by atoms with Crippen LogP contribution in [-0.4, -0.2) is 53.6 Å². The van der Waals surface area contributed by atoms with Crippen molar-refractivity contribution in [2.45, 2.75) is 31.9 Å². The van der Waals surface area contributed by atoms with Crippen LogP contribution in [0.3, 0.4) is 0 Å². The van der Waals surface area contributed by atoms with Crippen LogP contribution in [0, 0.1) is 11.7 Å². The first-order chi connectivity index (χ1) is 17.9. The largest absolute Gasteiger partial charge is 0.508 e. The number of halogens is 2. The maximum absolute atomic E-state index is 13.7. The number of hydrogen-bond donors (Lipinski definition) is 2. The summed E-state index contributed by atoms with van der Waals surface area (Å²) in [5, 5.41) is 19.9. The number of fused-ring (bicyclic) bond motifs is 1. The molecule has 0 aliphatic carbocycles. The second-order valence-corrected chi connectivity index (χ2v) is 9.91. The van der Waals surface area contributed by atoms with Crippen molar-refractivity contribution in [3.05, 3.63) is 83.2 Å². The number of aromatic hydroxyl groups is 2. The monoisotopic (exact) mass is 507 g/mol. The van der Waals surface area contributed by atoms with Crippen LogP contribution in [-0.2, 0) is 6.42 Å². The summed E-state index contributed by atoms with van der Waals surface area (Å²) in [6, 6.07) is 17.2. The minimum Gasteiger partial charge on any atom is -0.508 e. The van der Waals surface area contributed by atoms with E-state index in [-0.39, 0.29) is 30.5 Å². The first-order valence-corrected chi connectivity index (χ1v) is 12.6. The van der Waals surface area contributed by atoms with E-state index in [9.17, 15) is 19.0 Å². The Bertz CT molecular complexity index is 1280. The van der Waals surface area contributed by atoms with Gasteiger partial charge in [-0.3, -0.25) is 9.29 Å². The predicted octanol–water partition coefficient (Wildman–Crippen LogP) is 5.84. The fraction of sp³-hybridized carbons (Fsp3) is 0.333. The van der Waals surface area contributed by atoms with Gasteiger partial charge in [0.15, 0.2) is 11.6 Å². The Morgan fingerprint density at radius 1 is 1.08 bits per heavy atom. The number of likely N-dealkylation sites (tertiary alicyclic amines) is 1. The quantitative estimate of drug-likeness (QED) is 0.401. The number of phenols is 2. The number of ether oxygens (including phenoxy) is 2. The molecule has 37 heavy (non-hydrogen) atoms. The standard InChI is InChI=1S/C30H31F2NO4/c1-19(33-11-10-21(16-31)17-33)18-36-25-6-2-20(3-7-25)12-30-26(22-4-8-27(32)28(35)15-22)14-23-13-24(34)5-9-29(23)37-30/h2-9,13-15,19,21,30,34-35H,10-12,16-18H2,1H3/t19-,21?,30?/m0/s1. The molecule has 2 aliphatic rings. The molecule has 7 heteroatoms. The number of alkyl halides is 1. The number of phenolic OH excluding ortho intramolecular Hbond substituents is 2. The Balaban J connectivity index is 1.29. The Morgan fingerprint density at radius 3 is 2.62 bits per heavy atom. The molecule has 3 aromatic carbocycles. The lowest BCUT2D eigenvalue weighted by Crippen LogP contribution is -2.35. The van der Waals surface area contributed by atoms with Gasteiger partial charge in [0, 0.05) is 36.1 Å². The first-order valence-electron chi connectivity index (χ1n) is 12.6. The zero-order chi connectivity index (χ0) is 25.9. The highest BCUT2D eigenvalue weighted by molar-refractivity contribution is 5.88. The van der Waals surface area contributed by atoms with Crippen molar-refractivity contribution in [1.82, 2.24) is 4.90 Å².